The zero-order valence-electron chi connectivity index (χ0n) is 12.8. The average molecular weight is 348 g/mol. The maximum absolute atomic E-state index is 5.29. The fourth-order valence-electron chi connectivity index (χ4n) is 2.46. The van der Waals surface area contributed by atoms with Crippen molar-refractivity contribution in [3.05, 3.63) is 63.6 Å². The molecule has 0 heterocycles. The minimum absolute atomic E-state index is 0.187. The lowest BCUT2D eigenvalue weighted by Gasteiger charge is -2.23. The lowest BCUT2D eigenvalue weighted by Crippen LogP contribution is -2.24. The molecule has 0 radical (unpaired) electrons. The zero-order valence-corrected chi connectivity index (χ0v) is 14.4. The van der Waals surface area contributed by atoms with Crippen molar-refractivity contribution in [3.8, 4) is 5.75 Å². The fraction of sp³-hybridized carbons (Fsp3) is 0.333. The van der Waals surface area contributed by atoms with Crippen LogP contribution in [0.2, 0.25) is 0 Å². The predicted octanol–water partition coefficient (Wildman–Crippen LogP) is 4.86. The maximum Gasteiger partial charge on any atom is 0.120 e. The van der Waals surface area contributed by atoms with Gasteiger partial charge in [-0.1, -0.05) is 53.2 Å². The minimum atomic E-state index is 0.187. The second-order valence-electron chi connectivity index (χ2n) is 5.13. The summed E-state index contributed by atoms with van der Waals surface area (Å²) in [5, 5.41) is 3.65. The van der Waals surface area contributed by atoms with Crippen LogP contribution >= 0.6 is 15.9 Å². The van der Waals surface area contributed by atoms with Gasteiger partial charge in [-0.3, -0.25) is 0 Å². The molecule has 21 heavy (non-hydrogen) atoms. The lowest BCUT2D eigenvalue weighted by molar-refractivity contribution is 0.414. The smallest absolute Gasteiger partial charge is 0.120 e. The Labute approximate surface area is 135 Å². The van der Waals surface area contributed by atoms with Crippen LogP contribution in [-0.2, 0) is 0 Å². The van der Waals surface area contributed by atoms with Crippen LogP contribution in [0.15, 0.2) is 46.9 Å². The van der Waals surface area contributed by atoms with Gasteiger partial charge < -0.3 is 10.1 Å². The summed E-state index contributed by atoms with van der Waals surface area (Å²) in [4.78, 5) is 0. The van der Waals surface area contributed by atoms with E-state index in [1.54, 1.807) is 7.11 Å². The van der Waals surface area contributed by atoms with Gasteiger partial charge in [0.1, 0.15) is 5.75 Å². The second-order valence-corrected chi connectivity index (χ2v) is 5.99. The second kappa shape index (κ2) is 7.62. The van der Waals surface area contributed by atoms with E-state index in [1.807, 2.05) is 12.1 Å². The molecule has 0 saturated carbocycles. The highest BCUT2D eigenvalue weighted by Gasteiger charge is 2.18. The molecule has 1 atom stereocenters. The summed E-state index contributed by atoms with van der Waals surface area (Å²) in [5.41, 5.74) is 3.85. The van der Waals surface area contributed by atoms with E-state index in [1.165, 1.54) is 16.7 Å². The van der Waals surface area contributed by atoms with Crippen LogP contribution < -0.4 is 10.1 Å². The number of ether oxygens (including phenoxy) is 1. The Kier molecular flexibility index (Phi) is 5.83. The van der Waals surface area contributed by atoms with Gasteiger partial charge in [0.05, 0.1) is 13.2 Å². The molecule has 0 fully saturated rings. The topological polar surface area (TPSA) is 21.3 Å². The third-order valence-corrected chi connectivity index (χ3v) is 4.30. The summed E-state index contributed by atoms with van der Waals surface area (Å²) in [5.74, 6) is 0.865. The van der Waals surface area contributed by atoms with E-state index in [-0.39, 0.29) is 6.04 Å². The molecule has 2 aromatic carbocycles. The Balaban J connectivity index is 2.43. The van der Waals surface area contributed by atoms with Crippen molar-refractivity contribution in [3.63, 3.8) is 0 Å². The largest absolute Gasteiger partial charge is 0.497 e. The summed E-state index contributed by atoms with van der Waals surface area (Å²) in [6.07, 6.45) is 1.11. The van der Waals surface area contributed by atoms with Crippen LogP contribution in [0, 0.1) is 6.92 Å². The summed E-state index contributed by atoms with van der Waals surface area (Å²) >= 11 is 3.68. The summed E-state index contributed by atoms with van der Waals surface area (Å²) < 4.78 is 6.36. The quantitative estimate of drug-likeness (QED) is 0.805. The molecule has 0 spiro atoms. The number of benzene rings is 2. The molecule has 2 nitrogen and oxygen atoms in total. The molecule has 0 aliphatic rings. The Hall–Kier alpha value is -1.32. The van der Waals surface area contributed by atoms with E-state index in [2.05, 4.69) is 65.4 Å². The van der Waals surface area contributed by atoms with E-state index in [4.69, 9.17) is 4.74 Å². The molecular formula is C18H22BrNO. The highest BCUT2D eigenvalue weighted by atomic mass is 79.9. The van der Waals surface area contributed by atoms with Crippen molar-refractivity contribution >= 4 is 15.9 Å². The Bertz CT molecular complexity index is 598. The molecule has 112 valence electrons. The van der Waals surface area contributed by atoms with E-state index in [0.29, 0.717) is 0 Å². The van der Waals surface area contributed by atoms with Crippen LogP contribution in [0.25, 0.3) is 0 Å². The van der Waals surface area contributed by atoms with Crippen molar-refractivity contribution in [1.29, 1.82) is 0 Å². The first-order chi connectivity index (χ1) is 10.2. The molecule has 0 aliphatic carbocycles. The van der Waals surface area contributed by atoms with Gasteiger partial charge in [0.15, 0.2) is 0 Å². The molecule has 3 heteroatoms. The number of halogens is 1. The summed E-state index contributed by atoms with van der Waals surface area (Å²) in [6.45, 7) is 5.33. The first kappa shape index (κ1) is 16.1. The van der Waals surface area contributed by atoms with Crippen molar-refractivity contribution in [2.75, 3.05) is 13.7 Å². The maximum atomic E-state index is 5.29. The van der Waals surface area contributed by atoms with Crippen LogP contribution in [0.4, 0.5) is 0 Å². The zero-order chi connectivity index (χ0) is 15.2. The molecule has 0 amide bonds. The summed E-state index contributed by atoms with van der Waals surface area (Å²) in [6, 6.07) is 14.9. The van der Waals surface area contributed by atoms with Gasteiger partial charge in [-0.05, 0) is 48.7 Å². The van der Waals surface area contributed by atoms with Gasteiger partial charge >= 0.3 is 0 Å². The molecule has 0 saturated heterocycles. The van der Waals surface area contributed by atoms with Crippen molar-refractivity contribution in [2.24, 2.45) is 0 Å². The van der Waals surface area contributed by atoms with Gasteiger partial charge in [-0.25, -0.2) is 0 Å². The Morgan fingerprint density at radius 2 is 1.90 bits per heavy atom. The van der Waals surface area contributed by atoms with Gasteiger partial charge in [0, 0.05) is 4.47 Å². The molecular weight excluding hydrogens is 326 g/mol. The van der Waals surface area contributed by atoms with Crippen LogP contribution in [0.3, 0.4) is 0 Å². The SMILES string of the molecule is CCCNC(c1ccccc1C)c1ccc(OC)cc1Br. The number of methoxy groups -OCH3 is 1. The highest BCUT2D eigenvalue weighted by Crippen LogP contribution is 2.32. The van der Waals surface area contributed by atoms with Gasteiger partial charge in [0.2, 0.25) is 0 Å². The molecule has 0 aliphatic heterocycles. The lowest BCUT2D eigenvalue weighted by atomic mass is 9.95. The van der Waals surface area contributed by atoms with Gasteiger partial charge in [-0.15, -0.1) is 0 Å². The van der Waals surface area contributed by atoms with Gasteiger partial charge in [-0.2, -0.15) is 0 Å². The normalized spacial score (nSPS) is 12.2. The molecule has 2 rings (SSSR count). The number of hydrogen-bond acceptors (Lipinski definition) is 2. The van der Waals surface area contributed by atoms with E-state index < -0.39 is 0 Å². The van der Waals surface area contributed by atoms with Crippen molar-refractivity contribution in [2.45, 2.75) is 26.3 Å². The molecule has 0 aromatic heterocycles. The number of aryl methyl sites for hydroxylation is 1. The standard InChI is InChI=1S/C18H22BrNO/c1-4-11-20-18(15-8-6-5-7-13(15)2)16-10-9-14(21-3)12-17(16)19/h5-10,12,18,20H,4,11H2,1-3H3. The monoisotopic (exact) mass is 347 g/mol. The molecule has 1 N–H and O–H groups in total. The average Bonchev–Trinajstić information content (AvgIpc) is 2.50. The van der Waals surface area contributed by atoms with Crippen LogP contribution in [-0.4, -0.2) is 13.7 Å². The van der Waals surface area contributed by atoms with E-state index in [0.717, 1.165) is 23.2 Å². The van der Waals surface area contributed by atoms with Crippen molar-refractivity contribution in [1.82, 2.24) is 5.32 Å². The Morgan fingerprint density at radius 3 is 2.52 bits per heavy atom. The molecule has 0 bridgehead atoms. The third kappa shape index (κ3) is 3.86. The Morgan fingerprint density at radius 1 is 1.14 bits per heavy atom. The number of rotatable bonds is 6. The number of hydrogen-bond donors (Lipinski definition) is 1. The predicted molar refractivity (Wildman–Crippen MR) is 92.0 cm³/mol. The molecule has 2 aromatic rings. The fourth-order valence-corrected chi connectivity index (χ4v) is 3.04. The van der Waals surface area contributed by atoms with Crippen molar-refractivity contribution < 1.29 is 4.74 Å². The van der Waals surface area contributed by atoms with Crippen LogP contribution in [0.1, 0.15) is 36.1 Å². The van der Waals surface area contributed by atoms with Gasteiger partial charge in [0.25, 0.3) is 0 Å². The first-order valence-corrected chi connectivity index (χ1v) is 8.09. The van der Waals surface area contributed by atoms with E-state index in [9.17, 15) is 0 Å². The highest BCUT2D eigenvalue weighted by molar-refractivity contribution is 9.10. The molecule has 1 unspecified atom stereocenters. The first-order valence-electron chi connectivity index (χ1n) is 7.29. The van der Waals surface area contributed by atoms with E-state index >= 15 is 0 Å². The third-order valence-electron chi connectivity index (χ3n) is 3.62. The van der Waals surface area contributed by atoms with Crippen LogP contribution in [0.5, 0.6) is 5.75 Å². The summed E-state index contributed by atoms with van der Waals surface area (Å²) in [7, 11) is 1.69. The number of nitrogens with one attached hydrogen (secondary N) is 1. The minimum Gasteiger partial charge on any atom is -0.497 e.